The van der Waals surface area contributed by atoms with Crippen molar-refractivity contribution in [3.8, 4) is 0 Å². The number of aromatic nitrogens is 1. The van der Waals surface area contributed by atoms with E-state index < -0.39 is 0 Å². The average Bonchev–Trinajstić information content (AvgIpc) is 2.75. The van der Waals surface area contributed by atoms with Crippen LogP contribution in [-0.2, 0) is 0 Å². The van der Waals surface area contributed by atoms with Gasteiger partial charge in [-0.1, -0.05) is 40.7 Å². The molecule has 0 aliphatic rings. The van der Waals surface area contributed by atoms with Crippen molar-refractivity contribution in [1.82, 2.24) is 10.3 Å². The smallest absolute Gasteiger partial charge is 0.154 e. The van der Waals surface area contributed by atoms with Gasteiger partial charge in [-0.15, -0.1) is 11.3 Å². The maximum absolute atomic E-state index is 4.48. The second-order valence-electron chi connectivity index (χ2n) is 4.32. The summed E-state index contributed by atoms with van der Waals surface area (Å²) in [5, 5.41) is 5.51. The highest BCUT2D eigenvalue weighted by atomic mass is 79.9. The van der Waals surface area contributed by atoms with Crippen molar-refractivity contribution in [1.29, 1.82) is 0 Å². The minimum atomic E-state index is 0.362. The fraction of sp³-hybridized carbons (Fsp3) is 0.357. The first-order chi connectivity index (χ1) is 9.10. The first-order valence-corrected chi connectivity index (χ1v) is 8.72. The molecule has 2 aromatic rings. The van der Waals surface area contributed by atoms with Gasteiger partial charge in [0.2, 0.25) is 0 Å². The molecule has 0 radical (unpaired) electrons. The summed E-state index contributed by atoms with van der Waals surface area (Å²) in [7, 11) is 0. The van der Waals surface area contributed by atoms with E-state index in [2.05, 4.69) is 63.7 Å². The third-order valence-corrected chi connectivity index (χ3v) is 5.48. The molecule has 1 unspecified atom stereocenters. The highest BCUT2D eigenvalue weighted by Gasteiger charge is 2.10. The van der Waals surface area contributed by atoms with Gasteiger partial charge in [-0.05, 0) is 38.1 Å². The summed E-state index contributed by atoms with van der Waals surface area (Å²) in [6.07, 6.45) is 0. The third kappa shape index (κ3) is 4.05. The zero-order valence-corrected chi connectivity index (χ0v) is 14.5. The minimum Gasteiger partial charge on any atom is -0.310 e. The van der Waals surface area contributed by atoms with Crippen LogP contribution in [0.15, 0.2) is 37.3 Å². The van der Waals surface area contributed by atoms with E-state index in [0.717, 1.165) is 21.1 Å². The molecule has 102 valence electrons. The lowest BCUT2D eigenvalue weighted by molar-refractivity contribution is 0.595. The third-order valence-electron chi connectivity index (χ3n) is 2.75. The number of nitrogens with zero attached hydrogens (tertiary/aromatic N) is 1. The van der Waals surface area contributed by atoms with Gasteiger partial charge in [0.15, 0.2) is 4.34 Å². The van der Waals surface area contributed by atoms with Crippen LogP contribution in [0.5, 0.6) is 0 Å². The zero-order valence-electron chi connectivity index (χ0n) is 11.2. The number of nitrogens with one attached hydrogen (secondary N) is 1. The molecule has 0 spiro atoms. The van der Waals surface area contributed by atoms with E-state index in [1.54, 1.807) is 23.1 Å². The average molecular weight is 357 g/mol. The highest BCUT2D eigenvalue weighted by Crippen LogP contribution is 2.34. The van der Waals surface area contributed by atoms with Gasteiger partial charge in [0.1, 0.15) is 0 Å². The number of hydrogen-bond acceptors (Lipinski definition) is 4. The molecule has 0 aliphatic carbocycles. The van der Waals surface area contributed by atoms with Crippen molar-refractivity contribution in [2.75, 3.05) is 6.54 Å². The van der Waals surface area contributed by atoms with Gasteiger partial charge in [0.25, 0.3) is 0 Å². The summed E-state index contributed by atoms with van der Waals surface area (Å²) in [5.74, 6) is 0. The van der Waals surface area contributed by atoms with Crippen LogP contribution >= 0.6 is 39.0 Å². The number of aryl methyl sites for hydroxylation is 1. The maximum Gasteiger partial charge on any atom is 0.154 e. The first-order valence-electron chi connectivity index (χ1n) is 6.23. The lowest BCUT2D eigenvalue weighted by atomic mass is 10.1. The Kier molecular flexibility index (Phi) is 5.45. The van der Waals surface area contributed by atoms with Gasteiger partial charge in [-0.2, -0.15) is 0 Å². The lowest BCUT2D eigenvalue weighted by Crippen LogP contribution is -2.17. The van der Waals surface area contributed by atoms with Crippen LogP contribution in [0.25, 0.3) is 0 Å². The molecule has 0 aliphatic heterocycles. The van der Waals surface area contributed by atoms with Crippen LogP contribution in [0.1, 0.15) is 31.1 Å². The van der Waals surface area contributed by atoms with Crippen molar-refractivity contribution in [2.24, 2.45) is 0 Å². The second kappa shape index (κ2) is 6.88. The van der Waals surface area contributed by atoms with E-state index in [4.69, 9.17) is 0 Å². The predicted molar refractivity (Wildman–Crippen MR) is 87.2 cm³/mol. The molecule has 1 N–H and O–H groups in total. The van der Waals surface area contributed by atoms with Crippen molar-refractivity contribution in [3.63, 3.8) is 0 Å². The summed E-state index contributed by atoms with van der Waals surface area (Å²) in [4.78, 5) is 5.69. The Morgan fingerprint density at radius 1 is 1.47 bits per heavy atom. The Labute approximate surface area is 131 Å². The molecular formula is C14H17BrN2S2. The Morgan fingerprint density at radius 3 is 2.84 bits per heavy atom. The fourth-order valence-electron chi connectivity index (χ4n) is 1.82. The van der Waals surface area contributed by atoms with Crippen molar-refractivity contribution < 1.29 is 0 Å². The van der Waals surface area contributed by atoms with Crippen LogP contribution in [0.2, 0.25) is 0 Å². The molecule has 0 bridgehead atoms. The van der Waals surface area contributed by atoms with Crippen LogP contribution in [0.4, 0.5) is 0 Å². The highest BCUT2D eigenvalue weighted by molar-refractivity contribution is 9.10. The van der Waals surface area contributed by atoms with Crippen molar-refractivity contribution in [2.45, 2.75) is 36.0 Å². The molecule has 0 fully saturated rings. The number of thiazole rings is 1. The number of halogens is 1. The molecule has 0 amide bonds. The van der Waals surface area contributed by atoms with E-state index >= 15 is 0 Å². The zero-order chi connectivity index (χ0) is 13.8. The van der Waals surface area contributed by atoms with E-state index in [9.17, 15) is 0 Å². The maximum atomic E-state index is 4.48. The number of benzene rings is 1. The predicted octanol–water partition coefficient (Wildman–Crippen LogP) is 5.04. The summed E-state index contributed by atoms with van der Waals surface area (Å²) in [6.45, 7) is 7.31. The Balaban J connectivity index is 2.14. The SMILES string of the molecule is CCNC(C)c1ccc(Sc2nc(C)cs2)cc1Br. The largest absolute Gasteiger partial charge is 0.310 e. The Morgan fingerprint density at radius 2 is 2.26 bits per heavy atom. The van der Waals surface area contributed by atoms with Gasteiger partial charge >= 0.3 is 0 Å². The summed E-state index contributed by atoms with van der Waals surface area (Å²) < 4.78 is 2.25. The van der Waals surface area contributed by atoms with Gasteiger partial charge in [-0.25, -0.2) is 4.98 Å². The standard InChI is InChI=1S/C14H17BrN2S2/c1-4-16-10(3)12-6-5-11(7-13(12)15)19-14-17-9(2)8-18-14/h5-8,10,16H,4H2,1-3H3. The monoisotopic (exact) mass is 356 g/mol. The molecule has 1 atom stereocenters. The molecule has 2 nitrogen and oxygen atoms in total. The summed E-state index contributed by atoms with van der Waals surface area (Å²) in [6, 6.07) is 6.88. The molecular weight excluding hydrogens is 340 g/mol. The van der Waals surface area contributed by atoms with Gasteiger partial charge < -0.3 is 5.32 Å². The summed E-state index contributed by atoms with van der Waals surface area (Å²) in [5.41, 5.74) is 2.38. The molecule has 2 rings (SSSR count). The number of rotatable bonds is 5. The lowest BCUT2D eigenvalue weighted by Gasteiger charge is -2.15. The van der Waals surface area contributed by atoms with E-state index in [1.165, 1.54) is 10.5 Å². The molecule has 19 heavy (non-hydrogen) atoms. The fourth-order valence-corrected chi connectivity index (χ4v) is 4.54. The van der Waals surface area contributed by atoms with Gasteiger partial charge in [0.05, 0.1) is 0 Å². The normalized spacial score (nSPS) is 12.6. The molecule has 0 saturated heterocycles. The molecule has 1 heterocycles. The summed E-state index contributed by atoms with van der Waals surface area (Å²) >= 11 is 7.07. The van der Waals surface area contributed by atoms with E-state index in [0.29, 0.717) is 6.04 Å². The second-order valence-corrected chi connectivity index (χ2v) is 7.35. The quantitative estimate of drug-likeness (QED) is 0.812. The van der Waals surface area contributed by atoms with Crippen LogP contribution in [-0.4, -0.2) is 11.5 Å². The molecule has 1 aromatic carbocycles. The number of hydrogen-bond donors (Lipinski definition) is 1. The Hall–Kier alpha value is -0.360. The van der Waals surface area contributed by atoms with E-state index in [1.807, 2.05) is 6.92 Å². The first kappa shape index (κ1) is 15.0. The van der Waals surface area contributed by atoms with E-state index in [-0.39, 0.29) is 0 Å². The Bertz CT molecular complexity index is 554. The molecule has 5 heteroatoms. The molecule has 0 saturated carbocycles. The topological polar surface area (TPSA) is 24.9 Å². The van der Waals surface area contributed by atoms with Crippen LogP contribution in [0.3, 0.4) is 0 Å². The van der Waals surface area contributed by atoms with Crippen LogP contribution < -0.4 is 5.32 Å². The van der Waals surface area contributed by atoms with Crippen molar-refractivity contribution in [3.05, 3.63) is 39.3 Å². The van der Waals surface area contributed by atoms with Crippen LogP contribution in [0, 0.1) is 6.92 Å². The molecule has 1 aromatic heterocycles. The van der Waals surface area contributed by atoms with Gasteiger partial charge in [0, 0.05) is 26.5 Å². The van der Waals surface area contributed by atoms with Crippen molar-refractivity contribution >= 4 is 39.0 Å². The van der Waals surface area contributed by atoms with Gasteiger partial charge in [-0.3, -0.25) is 0 Å². The minimum absolute atomic E-state index is 0.362.